The van der Waals surface area contributed by atoms with Gasteiger partial charge in [-0.3, -0.25) is 4.68 Å². The molecule has 1 heterocycles. The van der Waals surface area contributed by atoms with Crippen LogP contribution in [0.4, 0.5) is 0 Å². The van der Waals surface area contributed by atoms with Crippen LogP contribution in [0.2, 0.25) is 5.02 Å². The Labute approximate surface area is 148 Å². The van der Waals surface area contributed by atoms with E-state index in [9.17, 15) is 0 Å². The smallest absolute Gasteiger partial charge is 0.194 e. The van der Waals surface area contributed by atoms with Crippen molar-refractivity contribution in [3.8, 4) is 5.75 Å². The van der Waals surface area contributed by atoms with Crippen molar-refractivity contribution in [3.05, 3.63) is 47.2 Å². The molecular formula is C17H24ClN5O. The zero-order chi connectivity index (χ0) is 17.4. The normalized spacial score (nSPS) is 11.4. The van der Waals surface area contributed by atoms with Crippen LogP contribution >= 0.6 is 11.6 Å². The lowest BCUT2D eigenvalue weighted by atomic mass is 10.3. The maximum atomic E-state index is 5.87. The average molecular weight is 350 g/mol. The Kier molecular flexibility index (Phi) is 6.93. The van der Waals surface area contributed by atoms with E-state index in [0.29, 0.717) is 18.2 Å². The summed E-state index contributed by atoms with van der Waals surface area (Å²) in [6.45, 7) is 4.74. The first-order chi connectivity index (χ1) is 11.6. The predicted molar refractivity (Wildman–Crippen MR) is 97.6 cm³/mol. The van der Waals surface area contributed by atoms with Crippen LogP contribution in [-0.2, 0) is 13.6 Å². The molecule has 0 aliphatic heterocycles. The third kappa shape index (κ3) is 5.45. The van der Waals surface area contributed by atoms with Crippen LogP contribution in [0.15, 0.2) is 41.5 Å². The largest absolute Gasteiger partial charge is 0.492 e. The molecule has 2 rings (SSSR count). The van der Waals surface area contributed by atoms with E-state index in [1.165, 1.54) is 0 Å². The summed E-state index contributed by atoms with van der Waals surface area (Å²) in [4.78, 5) is 6.70. The molecule has 0 atom stereocenters. The summed E-state index contributed by atoms with van der Waals surface area (Å²) in [5, 5.41) is 8.16. The number of hydrogen-bond donors (Lipinski definition) is 1. The van der Waals surface area contributed by atoms with E-state index in [2.05, 4.69) is 27.2 Å². The number of ether oxygens (including phenoxy) is 1. The number of guanidine groups is 1. The minimum absolute atomic E-state index is 0.564. The molecule has 0 aliphatic rings. The molecule has 1 N–H and O–H groups in total. The molecular weight excluding hydrogens is 326 g/mol. The third-order valence-corrected chi connectivity index (χ3v) is 3.77. The quantitative estimate of drug-likeness (QED) is 0.616. The fraction of sp³-hybridized carbons (Fsp3) is 0.412. The van der Waals surface area contributed by atoms with Crippen molar-refractivity contribution < 1.29 is 4.74 Å². The van der Waals surface area contributed by atoms with Gasteiger partial charge in [0.25, 0.3) is 0 Å². The number of aryl methyl sites for hydroxylation is 1. The Hall–Kier alpha value is -2.21. The topological polar surface area (TPSA) is 54.7 Å². The highest BCUT2D eigenvalue weighted by molar-refractivity contribution is 6.30. The van der Waals surface area contributed by atoms with Crippen molar-refractivity contribution in [2.75, 3.05) is 26.7 Å². The van der Waals surface area contributed by atoms with Crippen molar-refractivity contribution in [2.45, 2.75) is 13.5 Å². The van der Waals surface area contributed by atoms with Crippen molar-refractivity contribution in [1.29, 1.82) is 0 Å². The van der Waals surface area contributed by atoms with E-state index in [0.717, 1.165) is 30.5 Å². The van der Waals surface area contributed by atoms with Crippen LogP contribution < -0.4 is 10.1 Å². The van der Waals surface area contributed by atoms with Gasteiger partial charge in [0.15, 0.2) is 5.96 Å². The highest BCUT2D eigenvalue weighted by atomic mass is 35.5. The first kappa shape index (κ1) is 18.1. The van der Waals surface area contributed by atoms with E-state index < -0.39 is 0 Å². The zero-order valence-corrected chi connectivity index (χ0v) is 15.1. The molecule has 0 unspecified atom stereocenters. The Morgan fingerprint density at radius 2 is 2.08 bits per heavy atom. The van der Waals surface area contributed by atoms with Gasteiger partial charge in [-0.05, 0) is 37.3 Å². The Morgan fingerprint density at radius 3 is 2.71 bits per heavy atom. The van der Waals surface area contributed by atoms with Crippen LogP contribution in [0, 0.1) is 0 Å². The summed E-state index contributed by atoms with van der Waals surface area (Å²) in [6, 6.07) is 9.34. The third-order valence-electron chi connectivity index (χ3n) is 3.52. The Balaban J connectivity index is 1.87. The lowest BCUT2D eigenvalue weighted by Crippen LogP contribution is -2.40. The highest BCUT2D eigenvalue weighted by Crippen LogP contribution is 2.15. The molecule has 0 radical (unpaired) electrons. The first-order valence-electron chi connectivity index (χ1n) is 7.95. The molecule has 7 heteroatoms. The Morgan fingerprint density at radius 1 is 1.33 bits per heavy atom. The minimum atomic E-state index is 0.564. The number of likely N-dealkylation sites (N-methyl/N-ethyl adjacent to an activating group) is 1. The van der Waals surface area contributed by atoms with Gasteiger partial charge in [0.2, 0.25) is 0 Å². The number of aromatic nitrogens is 2. The fourth-order valence-electron chi connectivity index (χ4n) is 2.12. The van der Waals surface area contributed by atoms with Gasteiger partial charge in [0, 0.05) is 31.9 Å². The first-order valence-corrected chi connectivity index (χ1v) is 8.32. The zero-order valence-electron chi connectivity index (χ0n) is 14.4. The van der Waals surface area contributed by atoms with E-state index in [1.54, 1.807) is 6.20 Å². The molecule has 0 amide bonds. The van der Waals surface area contributed by atoms with Crippen LogP contribution in [0.1, 0.15) is 12.6 Å². The molecule has 6 nitrogen and oxygen atoms in total. The standard InChI is InChI=1S/C17H24ClN5O/c1-4-19-17(20-13-15-9-10-21-23(15)3)22(2)11-12-24-16-7-5-14(18)6-8-16/h5-10H,4,11-13H2,1-3H3,(H,19,20). The number of benzene rings is 1. The molecule has 0 saturated heterocycles. The van der Waals surface area contributed by atoms with Gasteiger partial charge in [-0.2, -0.15) is 5.10 Å². The van der Waals surface area contributed by atoms with Gasteiger partial charge in [-0.1, -0.05) is 11.6 Å². The molecule has 0 fully saturated rings. The number of aliphatic imine (C=N–C) groups is 1. The minimum Gasteiger partial charge on any atom is -0.492 e. The van der Waals surface area contributed by atoms with Gasteiger partial charge in [-0.25, -0.2) is 4.99 Å². The van der Waals surface area contributed by atoms with Gasteiger partial charge < -0.3 is 15.0 Å². The molecule has 2 aromatic rings. The lowest BCUT2D eigenvalue weighted by molar-refractivity contribution is 0.281. The van der Waals surface area contributed by atoms with Gasteiger partial charge in [0.1, 0.15) is 12.4 Å². The van der Waals surface area contributed by atoms with E-state index in [-0.39, 0.29) is 0 Å². The Bertz CT molecular complexity index is 653. The molecule has 1 aromatic heterocycles. The summed E-state index contributed by atoms with van der Waals surface area (Å²) in [5.74, 6) is 1.66. The van der Waals surface area contributed by atoms with Crippen molar-refractivity contribution >= 4 is 17.6 Å². The molecule has 0 aliphatic carbocycles. The van der Waals surface area contributed by atoms with E-state index in [4.69, 9.17) is 16.3 Å². The molecule has 24 heavy (non-hydrogen) atoms. The van der Waals surface area contributed by atoms with E-state index in [1.807, 2.05) is 49.1 Å². The van der Waals surface area contributed by atoms with E-state index >= 15 is 0 Å². The second-order valence-electron chi connectivity index (χ2n) is 5.34. The highest BCUT2D eigenvalue weighted by Gasteiger charge is 2.06. The predicted octanol–water partition coefficient (Wildman–Crippen LogP) is 2.55. The second kappa shape index (κ2) is 9.17. The number of nitrogens with one attached hydrogen (secondary N) is 1. The molecule has 0 saturated carbocycles. The maximum absolute atomic E-state index is 5.87. The summed E-state index contributed by atoms with van der Waals surface area (Å²) in [6.07, 6.45) is 1.78. The summed E-state index contributed by atoms with van der Waals surface area (Å²) in [5.41, 5.74) is 1.07. The van der Waals surface area contributed by atoms with Crippen LogP contribution in [0.5, 0.6) is 5.75 Å². The number of nitrogens with zero attached hydrogens (tertiary/aromatic N) is 4. The van der Waals surface area contributed by atoms with Crippen LogP contribution in [0.25, 0.3) is 0 Å². The van der Waals surface area contributed by atoms with Crippen molar-refractivity contribution in [1.82, 2.24) is 20.0 Å². The van der Waals surface area contributed by atoms with Crippen LogP contribution in [-0.4, -0.2) is 47.4 Å². The summed E-state index contributed by atoms with van der Waals surface area (Å²) in [7, 11) is 3.91. The SMILES string of the molecule is CCNC(=NCc1ccnn1C)N(C)CCOc1ccc(Cl)cc1. The maximum Gasteiger partial charge on any atom is 0.194 e. The summed E-state index contributed by atoms with van der Waals surface area (Å²) < 4.78 is 7.56. The monoisotopic (exact) mass is 349 g/mol. The average Bonchev–Trinajstić information content (AvgIpc) is 2.98. The molecule has 0 bridgehead atoms. The fourth-order valence-corrected chi connectivity index (χ4v) is 2.25. The summed E-state index contributed by atoms with van der Waals surface area (Å²) >= 11 is 5.87. The lowest BCUT2D eigenvalue weighted by Gasteiger charge is -2.22. The van der Waals surface area contributed by atoms with Gasteiger partial charge in [-0.15, -0.1) is 0 Å². The van der Waals surface area contributed by atoms with Crippen molar-refractivity contribution in [3.63, 3.8) is 0 Å². The molecule has 130 valence electrons. The number of rotatable bonds is 7. The van der Waals surface area contributed by atoms with Crippen LogP contribution in [0.3, 0.4) is 0 Å². The molecule has 1 aromatic carbocycles. The number of hydrogen-bond acceptors (Lipinski definition) is 3. The number of halogens is 1. The van der Waals surface area contributed by atoms with Gasteiger partial charge >= 0.3 is 0 Å². The van der Waals surface area contributed by atoms with Gasteiger partial charge in [0.05, 0.1) is 18.8 Å². The molecule has 0 spiro atoms. The van der Waals surface area contributed by atoms with Crippen molar-refractivity contribution in [2.24, 2.45) is 12.0 Å². The second-order valence-corrected chi connectivity index (χ2v) is 5.78.